The standard InChI is InChI=1S/C29H21FN4O4/c1-16-10-21(17(2)33-24-5-3-4-23(30)27(24)29(36)37)28-22(11-16)25(35)12-26(38-28)19-14-32-34(15-19)20-8-6-18(13-31)7-9-20/h3-12,14-15,17,33H,1-2H3,(H,36,37)/t17-/m1/s1. The van der Waals surface area contributed by atoms with Crippen molar-refractivity contribution >= 4 is 22.6 Å². The average Bonchev–Trinajstić information content (AvgIpc) is 3.39. The summed E-state index contributed by atoms with van der Waals surface area (Å²) in [7, 11) is 0. The lowest BCUT2D eigenvalue weighted by Gasteiger charge is -2.19. The number of aryl methyl sites for hydroxylation is 1. The van der Waals surface area contributed by atoms with Crippen molar-refractivity contribution in [2.45, 2.75) is 19.9 Å². The van der Waals surface area contributed by atoms with Crippen LogP contribution in [-0.2, 0) is 0 Å². The number of carboxylic acids is 1. The third kappa shape index (κ3) is 4.51. The number of carbonyl (C=O) groups is 1. The van der Waals surface area contributed by atoms with E-state index in [4.69, 9.17) is 9.68 Å². The predicted molar refractivity (Wildman–Crippen MR) is 140 cm³/mol. The highest BCUT2D eigenvalue weighted by molar-refractivity contribution is 5.94. The van der Waals surface area contributed by atoms with Gasteiger partial charge in [0.2, 0.25) is 0 Å². The molecule has 0 bridgehead atoms. The number of nitrogens with zero attached hydrogens (tertiary/aromatic N) is 3. The highest BCUT2D eigenvalue weighted by Crippen LogP contribution is 2.32. The third-order valence-electron chi connectivity index (χ3n) is 6.20. The summed E-state index contributed by atoms with van der Waals surface area (Å²) in [5.74, 6) is -1.94. The van der Waals surface area contributed by atoms with Gasteiger partial charge in [0.25, 0.3) is 0 Å². The fraction of sp³-hybridized carbons (Fsp3) is 0.103. The van der Waals surface area contributed by atoms with Crippen molar-refractivity contribution in [3.63, 3.8) is 0 Å². The van der Waals surface area contributed by atoms with Gasteiger partial charge in [-0.1, -0.05) is 12.1 Å². The largest absolute Gasteiger partial charge is 0.478 e. The van der Waals surface area contributed by atoms with E-state index in [1.165, 1.54) is 18.2 Å². The Labute approximate surface area is 216 Å². The summed E-state index contributed by atoms with van der Waals surface area (Å²) < 4.78 is 22.1. The van der Waals surface area contributed by atoms with Crippen LogP contribution in [0.5, 0.6) is 0 Å². The molecular weight excluding hydrogens is 487 g/mol. The topological polar surface area (TPSA) is 121 Å². The summed E-state index contributed by atoms with van der Waals surface area (Å²) in [6.07, 6.45) is 3.29. The molecule has 0 unspecified atom stereocenters. The van der Waals surface area contributed by atoms with E-state index in [0.717, 1.165) is 17.3 Å². The Balaban J connectivity index is 1.57. The highest BCUT2D eigenvalue weighted by atomic mass is 19.1. The van der Waals surface area contributed by atoms with Crippen LogP contribution in [0, 0.1) is 24.1 Å². The lowest BCUT2D eigenvalue weighted by Crippen LogP contribution is -2.13. The van der Waals surface area contributed by atoms with Gasteiger partial charge in [-0.25, -0.2) is 13.9 Å². The molecular formula is C29H21FN4O4. The van der Waals surface area contributed by atoms with Gasteiger partial charge < -0.3 is 14.8 Å². The molecule has 1 atom stereocenters. The summed E-state index contributed by atoms with van der Waals surface area (Å²) in [5, 5.41) is 26.3. The Morgan fingerprint density at radius 3 is 2.66 bits per heavy atom. The molecule has 3 aromatic carbocycles. The van der Waals surface area contributed by atoms with Crippen LogP contribution < -0.4 is 10.7 Å². The van der Waals surface area contributed by atoms with Crippen LogP contribution in [0.25, 0.3) is 28.0 Å². The molecule has 5 rings (SSSR count). The normalized spacial score (nSPS) is 11.7. The van der Waals surface area contributed by atoms with Crippen molar-refractivity contribution in [2.24, 2.45) is 0 Å². The van der Waals surface area contributed by atoms with Gasteiger partial charge in [-0.3, -0.25) is 4.79 Å². The van der Waals surface area contributed by atoms with Crippen molar-refractivity contribution < 1.29 is 18.7 Å². The molecule has 0 aliphatic heterocycles. The molecule has 0 fully saturated rings. The van der Waals surface area contributed by atoms with E-state index < -0.39 is 23.4 Å². The minimum Gasteiger partial charge on any atom is -0.478 e. The van der Waals surface area contributed by atoms with Crippen molar-refractivity contribution in [1.29, 1.82) is 5.26 Å². The van der Waals surface area contributed by atoms with Crippen LogP contribution in [0.1, 0.15) is 40.0 Å². The Kier molecular flexibility index (Phi) is 6.23. The van der Waals surface area contributed by atoms with Gasteiger partial charge in [0.15, 0.2) is 5.43 Å². The van der Waals surface area contributed by atoms with Crippen LogP contribution >= 0.6 is 0 Å². The van der Waals surface area contributed by atoms with E-state index in [1.54, 1.807) is 54.3 Å². The van der Waals surface area contributed by atoms with E-state index in [2.05, 4.69) is 16.5 Å². The Morgan fingerprint density at radius 1 is 1.18 bits per heavy atom. The molecule has 0 saturated heterocycles. The average molecular weight is 509 g/mol. The number of nitriles is 1. The first-order valence-corrected chi connectivity index (χ1v) is 11.7. The monoisotopic (exact) mass is 508 g/mol. The fourth-order valence-corrected chi connectivity index (χ4v) is 4.35. The van der Waals surface area contributed by atoms with Crippen LogP contribution in [0.3, 0.4) is 0 Å². The lowest BCUT2D eigenvalue weighted by atomic mass is 10.00. The molecule has 0 spiro atoms. The molecule has 38 heavy (non-hydrogen) atoms. The van der Waals surface area contributed by atoms with Gasteiger partial charge in [-0.05, 0) is 61.9 Å². The molecule has 0 aliphatic carbocycles. The molecule has 5 aromatic rings. The zero-order chi connectivity index (χ0) is 27.0. The maximum atomic E-state index is 14.2. The van der Waals surface area contributed by atoms with Gasteiger partial charge in [-0.2, -0.15) is 10.4 Å². The van der Waals surface area contributed by atoms with Crippen molar-refractivity contribution in [2.75, 3.05) is 5.32 Å². The number of nitrogens with one attached hydrogen (secondary N) is 1. The highest BCUT2D eigenvalue weighted by Gasteiger charge is 2.21. The summed E-state index contributed by atoms with van der Waals surface area (Å²) in [4.78, 5) is 24.8. The zero-order valence-electron chi connectivity index (χ0n) is 20.4. The minimum absolute atomic E-state index is 0.113. The number of anilines is 1. The molecule has 2 N–H and O–H groups in total. The maximum Gasteiger partial charge on any atom is 0.340 e. The molecule has 0 amide bonds. The van der Waals surface area contributed by atoms with E-state index in [-0.39, 0.29) is 11.1 Å². The third-order valence-corrected chi connectivity index (χ3v) is 6.20. The molecule has 8 nitrogen and oxygen atoms in total. The lowest BCUT2D eigenvalue weighted by molar-refractivity contribution is 0.0693. The number of fused-ring (bicyclic) bond motifs is 1. The van der Waals surface area contributed by atoms with E-state index >= 15 is 0 Å². The van der Waals surface area contributed by atoms with Crippen molar-refractivity contribution in [1.82, 2.24) is 9.78 Å². The quantitative estimate of drug-likeness (QED) is 0.296. The maximum absolute atomic E-state index is 14.2. The first kappa shape index (κ1) is 24.5. The predicted octanol–water partition coefficient (Wildman–Crippen LogP) is 5.84. The van der Waals surface area contributed by atoms with Crippen molar-refractivity contribution in [3.05, 3.63) is 111 Å². The summed E-state index contributed by atoms with van der Waals surface area (Å²) in [5.41, 5.74) is 2.98. The molecule has 188 valence electrons. The number of aromatic nitrogens is 2. The molecule has 2 heterocycles. The van der Waals surface area contributed by atoms with E-state index in [0.29, 0.717) is 33.4 Å². The van der Waals surface area contributed by atoms with Gasteiger partial charge in [0, 0.05) is 17.8 Å². The van der Waals surface area contributed by atoms with Crippen LogP contribution in [0.2, 0.25) is 0 Å². The molecule has 0 radical (unpaired) electrons. The SMILES string of the molecule is Cc1cc([C@@H](C)Nc2cccc(F)c2C(=O)O)c2oc(-c3cnn(-c4ccc(C#N)cc4)c3)cc(=O)c2c1. The number of rotatable bonds is 6. The number of carboxylic acid groups (broad SMARTS) is 1. The number of hydrogen-bond acceptors (Lipinski definition) is 6. The second kappa shape index (κ2) is 9.67. The fourth-order valence-electron chi connectivity index (χ4n) is 4.35. The summed E-state index contributed by atoms with van der Waals surface area (Å²) in [6, 6.07) is 17.4. The van der Waals surface area contributed by atoms with Gasteiger partial charge in [-0.15, -0.1) is 0 Å². The molecule has 2 aromatic heterocycles. The Bertz CT molecular complexity index is 1800. The number of aromatic carboxylic acids is 1. The van der Waals surface area contributed by atoms with E-state index in [9.17, 15) is 19.1 Å². The summed E-state index contributed by atoms with van der Waals surface area (Å²) >= 11 is 0. The second-order valence-corrected chi connectivity index (χ2v) is 8.87. The van der Waals surface area contributed by atoms with Gasteiger partial charge in [0.05, 0.1) is 46.2 Å². The molecule has 9 heteroatoms. The first-order chi connectivity index (χ1) is 18.2. The smallest absolute Gasteiger partial charge is 0.340 e. The van der Waals surface area contributed by atoms with Crippen LogP contribution in [0.15, 0.2) is 82.3 Å². The number of hydrogen-bond donors (Lipinski definition) is 2. The number of benzene rings is 3. The van der Waals surface area contributed by atoms with Crippen LogP contribution in [0.4, 0.5) is 10.1 Å². The minimum atomic E-state index is -1.39. The Hall–Kier alpha value is -5.23. The molecule has 0 aliphatic rings. The summed E-state index contributed by atoms with van der Waals surface area (Å²) in [6.45, 7) is 3.62. The second-order valence-electron chi connectivity index (χ2n) is 8.87. The Morgan fingerprint density at radius 2 is 1.95 bits per heavy atom. The first-order valence-electron chi connectivity index (χ1n) is 11.7. The van der Waals surface area contributed by atoms with Gasteiger partial charge >= 0.3 is 5.97 Å². The van der Waals surface area contributed by atoms with E-state index in [1.807, 2.05) is 13.0 Å². The van der Waals surface area contributed by atoms with Crippen molar-refractivity contribution in [3.8, 4) is 23.1 Å². The van der Waals surface area contributed by atoms with Gasteiger partial charge in [0.1, 0.15) is 22.7 Å². The van der Waals surface area contributed by atoms with Crippen LogP contribution in [-0.4, -0.2) is 20.9 Å². The zero-order valence-corrected chi connectivity index (χ0v) is 20.4. The number of halogens is 1. The molecule has 0 saturated carbocycles.